The van der Waals surface area contributed by atoms with Gasteiger partial charge in [-0.2, -0.15) is 0 Å². The molecule has 2 nitrogen and oxygen atoms in total. The lowest BCUT2D eigenvalue weighted by Crippen LogP contribution is -2.45. The highest BCUT2D eigenvalue weighted by Gasteiger charge is 2.33. The number of rotatable bonds is 2. The van der Waals surface area contributed by atoms with Gasteiger partial charge in [-0.15, -0.1) is 0 Å². The Hall–Kier alpha value is -0.630. The van der Waals surface area contributed by atoms with Crippen LogP contribution in [0.5, 0.6) is 0 Å². The second-order valence-corrected chi connectivity index (χ2v) is 4.72. The highest BCUT2D eigenvalue weighted by atomic mass is 16.1. The van der Waals surface area contributed by atoms with Crippen molar-refractivity contribution >= 4 is 6.29 Å². The number of likely N-dealkylation sites (tertiary alicyclic amines) is 1. The highest BCUT2D eigenvalue weighted by Crippen LogP contribution is 2.29. The number of carbonyl (C=O) groups is 1. The van der Waals surface area contributed by atoms with Gasteiger partial charge in [0.1, 0.15) is 6.29 Å². The highest BCUT2D eigenvalue weighted by molar-refractivity contribution is 5.74. The molecule has 0 aromatic heterocycles. The first-order valence-electron chi connectivity index (χ1n) is 4.87. The molecule has 1 atom stereocenters. The van der Waals surface area contributed by atoms with Crippen molar-refractivity contribution in [1.82, 2.24) is 4.90 Å². The van der Waals surface area contributed by atoms with Gasteiger partial charge in [0.05, 0.1) is 0 Å². The molecular weight excluding hydrogens is 162 g/mol. The first kappa shape index (κ1) is 10.5. The van der Waals surface area contributed by atoms with E-state index in [1.807, 2.05) is 0 Å². The molecule has 0 spiro atoms. The normalized spacial score (nSPS) is 24.7. The molecule has 1 heterocycles. The zero-order valence-electron chi connectivity index (χ0n) is 8.84. The van der Waals surface area contributed by atoms with E-state index in [-0.39, 0.29) is 11.6 Å². The van der Waals surface area contributed by atoms with Crippen molar-refractivity contribution in [2.75, 3.05) is 6.54 Å². The van der Waals surface area contributed by atoms with Crippen molar-refractivity contribution in [3.05, 3.63) is 12.2 Å². The summed E-state index contributed by atoms with van der Waals surface area (Å²) in [7, 11) is 0. The molecule has 2 heteroatoms. The van der Waals surface area contributed by atoms with E-state index in [2.05, 4.69) is 32.3 Å². The summed E-state index contributed by atoms with van der Waals surface area (Å²) in [5, 5.41) is 0. The Labute approximate surface area is 80.6 Å². The lowest BCUT2D eigenvalue weighted by molar-refractivity contribution is -0.105. The Morgan fingerprint density at radius 2 is 2.15 bits per heavy atom. The van der Waals surface area contributed by atoms with Crippen molar-refractivity contribution in [3.63, 3.8) is 0 Å². The molecule has 1 rings (SSSR count). The Morgan fingerprint density at radius 3 is 2.62 bits per heavy atom. The van der Waals surface area contributed by atoms with E-state index < -0.39 is 0 Å². The molecule has 0 aliphatic carbocycles. The van der Waals surface area contributed by atoms with Crippen LogP contribution in [-0.2, 0) is 4.79 Å². The summed E-state index contributed by atoms with van der Waals surface area (Å²) in [6.07, 6.45) is 3.15. The van der Waals surface area contributed by atoms with E-state index in [9.17, 15) is 4.79 Å². The minimum Gasteiger partial charge on any atom is -0.298 e. The molecule has 1 aliphatic heterocycles. The molecule has 0 N–H and O–H groups in total. The third-order valence-electron chi connectivity index (χ3n) is 2.69. The van der Waals surface area contributed by atoms with Crippen LogP contribution in [0.1, 0.15) is 33.6 Å². The average Bonchev–Trinajstić information content (AvgIpc) is 2.49. The first-order valence-corrected chi connectivity index (χ1v) is 4.87. The van der Waals surface area contributed by atoms with Crippen molar-refractivity contribution < 1.29 is 4.79 Å². The molecule has 1 saturated heterocycles. The Morgan fingerprint density at radius 1 is 1.54 bits per heavy atom. The molecule has 0 amide bonds. The van der Waals surface area contributed by atoms with Crippen LogP contribution in [0.15, 0.2) is 12.2 Å². The molecule has 0 aromatic rings. The lowest BCUT2D eigenvalue weighted by atomic mass is 10.0. The predicted molar refractivity (Wildman–Crippen MR) is 54.7 cm³/mol. The fourth-order valence-electron chi connectivity index (χ4n) is 2.03. The molecule has 1 unspecified atom stereocenters. The summed E-state index contributed by atoms with van der Waals surface area (Å²) in [5.41, 5.74) is 0.875. The monoisotopic (exact) mass is 181 g/mol. The molecule has 1 aliphatic rings. The van der Waals surface area contributed by atoms with Crippen LogP contribution in [0.3, 0.4) is 0 Å². The smallest absolute Gasteiger partial charge is 0.147 e. The van der Waals surface area contributed by atoms with Gasteiger partial charge >= 0.3 is 0 Å². The van der Waals surface area contributed by atoms with Crippen LogP contribution in [-0.4, -0.2) is 29.3 Å². The Bertz CT molecular complexity index is 215. The molecule has 13 heavy (non-hydrogen) atoms. The standard InChI is InChI=1S/C11H19NO/c1-9(8-13)10-6-5-7-12(10)11(2,3)4/h8,10H,1,5-7H2,2-4H3. The van der Waals surface area contributed by atoms with E-state index in [0.29, 0.717) is 0 Å². The van der Waals surface area contributed by atoms with Crippen molar-refractivity contribution in [1.29, 1.82) is 0 Å². The van der Waals surface area contributed by atoms with E-state index in [1.165, 1.54) is 6.42 Å². The molecule has 74 valence electrons. The minimum atomic E-state index is 0.146. The Balaban J connectivity index is 2.75. The zero-order valence-corrected chi connectivity index (χ0v) is 8.84. The molecule has 0 aromatic carbocycles. The van der Waals surface area contributed by atoms with Crippen LogP contribution in [0.25, 0.3) is 0 Å². The summed E-state index contributed by atoms with van der Waals surface area (Å²) in [5.74, 6) is 0. The third-order valence-corrected chi connectivity index (χ3v) is 2.69. The SMILES string of the molecule is C=C(C=O)C1CCCN1C(C)(C)C. The maximum Gasteiger partial charge on any atom is 0.147 e. The molecule has 0 saturated carbocycles. The number of hydrogen-bond donors (Lipinski definition) is 0. The first-order chi connectivity index (χ1) is 5.96. The molecule has 0 radical (unpaired) electrons. The fourth-order valence-corrected chi connectivity index (χ4v) is 2.03. The van der Waals surface area contributed by atoms with Gasteiger partial charge in [0, 0.05) is 17.2 Å². The fraction of sp³-hybridized carbons (Fsp3) is 0.727. The summed E-state index contributed by atoms with van der Waals surface area (Å²) < 4.78 is 0. The summed E-state index contributed by atoms with van der Waals surface area (Å²) >= 11 is 0. The van der Waals surface area contributed by atoms with Gasteiger partial charge in [-0.1, -0.05) is 6.58 Å². The van der Waals surface area contributed by atoms with E-state index in [0.717, 1.165) is 24.8 Å². The zero-order chi connectivity index (χ0) is 10.1. The van der Waals surface area contributed by atoms with Crippen LogP contribution in [0.2, 0.25) is 0 Å². The van der Waals surface area contributed by atoms with Gasteiger partial charge in [0.25, 0.3) is 0 Å². The van der Waals surface area contributed by atoms with Gasteiger partial charge in [-0.3, -0.25) is 9.69 Å². The van der Waals surface area contributed by atoms with E-state index in [4.69, 9.17) is 0 Å². The van der Waals surface area contributed by atoms with Gasteiger partial charge < -0.3 is 0 Å². The lowest BCUT2D eigenvalue weighted by Gasteiger charge is -2.36. The predicted octanol–water partition coefficient (Wildman–Crippen LogP) is 2.00. The summed E-state index contributed by atoms with van der Waals surface area (Å²) in [4.78, 5) is 13.0. The average molecular weight is 181 g/mol. The largest absolute Gasteiger partial charge is 0.298 e. The number of aldehydes is 1. The minimum absolute atomic E-state index is 0.146. The molecular formula is C11H19NO. The van der Waals surface area contributed by atoms with Gasteiger partial charge in [-0.25, -0.2) is 0 Å². The third kappa shape index (κ3) is 2.19. The van der Waals surface area contributed by atoms with Crippen molar-refractivity contribution in [3.8, 4) is 0 Å². The molecule has 0 bridgehead atoms. The van der Waals surface area contributed by atoms with Gasteiger partial charge in [-0.05, 0) is 40.2 Å². The van der Waals surface area contributed by atoms with Crippen LogP contribution < -0.4 is 0 Å². The van der Waals surface area contributed by atoms with Crippen LogP contribution in [0.4, 0.5) is 0 Å². The van der Waals surface area contributed by atoms with Crippen LogP contribution in [0, 0.1) is 0 Å². The second kappa shape index (κ2) is 3.62. The van der Waals surface area contributed by atoms with E-state index in [1.54, 1.807) is 0 Å². The molecule has 1 fully saturated rings. The topological polar surface area (TPSA) is 20.3 Å². The maximum absolute atomic E-state index is 10.6. The van der Waals surface area contributed by atoms with E-state index >= 15 is 0 Å². The summed E-state index contributed by atoms with van der Waals surface area (Å²) in [6, 6.07) is 0.275. The van der Waals surface area contributed by atoms with Gasteiger partial charge in [0.2, 0.25) is 0 Å². The number of hydrogen-bond acceptors (Lipinski definition) is 2. The van der Waals surface area contributed by atoms with Crippen molar-refractivity contribution in [2.24, 2.45) is 0 Å². The van der Waals surface area contributed by atoms with Gasteiger partial charge in [0.15, 0.2) is 0 Å². The summed E-state index contributed by atoms with van der Waals surface area (Å²) in [6.45, 7) is 11.4. The quantitative estimate of drug-likeness (QED) is 0.480. The van der Waals surface area contributed by atoms with Crippen molar-refractivity contribution in [2.45, 2.75) is 45.2 Å². The number of nitrogens with zero attached hydrogens (tertiary/aromatic N) is 1. The second-order valence-electron chi connectivity index (χ2n) is 4.72. The Kier molecular flexibility index (Phi) is 2.91. The number of carbonyl (C=O) groups excluding carboxylic acids is 1. The van der Waals surface area contributed by atoms with Crippen LogP contribution >= 0.6 is 0 Å². The maximum atomic E-state index is 10.6.